The van der Waals surface area contributed by atoms with Gasteiger partial charge in [0.25, 0.3) is 5.91 Å². The number of nitrogens with one attached hydrogen (secondary N) is 1. The maximum absolute atomic E-state index is 11.3. The molecule has 0 fully saturated rings. The standard InChI is InChI=1S/C10H18N2O2/c1-3-5-6-7-8(4-2)9(13)12-10(11)14/h4H,3,5-7H2,1-2H3,(H3,11,12,13,14). The molecule has 0 saturated carbocycles. The Morgan fingerprint density at radius 2 is 2.00 bits per heavy atom. The number of amides is 3. The second-order valence-electron chi connectivity index (χ2n) is 3.09. The average Bonchev–Trinajstić information content (AvgIpc) is 2.11. The molecule has 0 aromatic carbocycles. The molecule has 0 atom stereocenters. The summed E-state index contributed by atoms with van der Waals surface area (Å²) in [6, 6.07) is -0.801. The predicted molar refractivity (Wildman–Crippen MR) is 55.6 cm³/mol. The highest BCUT2D eigenvalue weighted by Crippen LogP contribution is 2.08. The van der Waals surface area contributed by atoms with Crippen molar-refractivity contribution in [3.63, 3.8) is 0 Å². The molecule has 0 aromatic heterocycles. The number of imide groups is 1. The third kappa shape index (κ3) is 5.35. The van der Waals surface area contributed by atoms with Gasteiger partial charge in [-0.25, -0.2) is 4.79 Å². The molecule has 0 unspecified atom stereocenters. The monoisotopic (exact) mass is 198 g/mol. The number of nitrogens with two attached hydrogens (primary N) is 1. The third-order valence-electron chi connectivity index (χ3n) is 1.93. The van der Waals surface area contributed by atoms with Gasteiger partial charge < -0.3 is 5.73 Å². The molecule has 0 radical (unpaired) electrons. The van der Waals surface area contributed by atoms with E-state index in [1.165, 1.54) is 0 Å². The van der Waals surface area contributed by atoms with Gasteiger partial charge in [-0.05, 0) is 19.8 Å². The van der Waals surface area contributed by atoms with Gasteiger partial charge in [-0.3, -0.25) is 10.1 Å². The Kier molecular flexibility index (Phi) is 6.45. The van der Waals surface area contributed by atoms with E-state index in [1.807, 2.05) is 0 Å². The summed E-state index contributed by atoms with van der Waals surface area (Å²) in [6.45, 7) is 3.88. The predicted octanol–water partition coefficient (Wildman–Crippen LogP) is 1.71. The van der Waals surface area contributed by atoms with Crippen LogP contribution in [0.5, 0.6) is 0 Å². The van der Waals surface area contributed by atoms with E-state index in [-0.39, 0.29) is 5.91 Å². The second kappa shape index (κ2) is 7.12. The van der Waals surface area contributed by atoms with Gasteiger partial charge in [0.05, 0.1) is 0 Å². The van der Waals surface area contributed by atoms with E-state index in [2.05, 4.69) is 12.2 Å². The van der Waals surface area contributed by atoms with Crippen LogP contribution >= 0.6 is 0 Å². The molecule has 4 heteroatoms. The molecule has 3 amide bonds. The van der Waals surface area contributed by atoms with Gasteiger partial charge in [-0.15, -0.1) is 0 Å². The van der Waals surface area contributed by atoms with E-state index in [1.54, 1.807) is 13.0 Å². The fourth-order valence-electron chi connectivity index (χ4n) is 1.15. The summed E-state index contributed by atoms with van der Waals surface area (Å²) in [6.07, 6.45) is 5.56. The highest BCUT2D eigenvalue weighted by Gasteiger charge is 2.09. The number of hydrogen-bond acceptors (Lipinski definition) is 2. The Labute approximate surface area is 84.5 Å². The number of allylic oxidation sites excluding steroid dienone is 1. The minimum absolute atomic E-state index is 0.379. The zero-order valence-corrected chi connectivity index (χ0v) is 8.80. The second-order valence-corrected chi connectivity index (χ2v) is 3.09. The lowest BCUT2D eigenvalue weighted by atomic mass is 10.1. The van der Waals surface area contributed by atoms with Gasteiger partial charge in [0.15, 0.2) is 0 Å². The van der Waals surface area contributed by atoms with Gasteiger partial charge in [0.2, 0.25) is 0 Å². The van der Waals surface area contributed by atoms with E-state index in [9.17, 15) is 9.59 Å². The molecule has 80 valence electrons. The summed E-state index contributed by atoms with van der Waals surface area (Å²) in [5.74, 6) is -0.379. The largest absolute Gasteiger partial charge is 0.351 e. The van der Waals surface area contributed by atoms with Crippen LogP contribution in [0.2, 0.25) is 0 Å². The maximum Gasteiger partial charge on any atom is 0.319 e. The first-order valence-corrected chi connectivity index (χ1v) is 4.87. The highest BCUT2D eigenvalue weighted by molar-refractivity contribution is 6.03. The molecule has 0 aliphatic rings. The topological polar surface area (TPSA) is 72.2 Å². The quantitative estimate of drug-likeness (QED) is 0.521. The van der Waals surface area contributed by atoms with Crippen molar-refractivity contribution in [2.45, 2.75) is 39.5 Å². The number of hydrogen-bond donors (Lipinski definition) is 2. The fraction of sp³-hybridized carbons (Fsp3) is 0.600. The van der Waals surface area contributed by atoms with E-state index in [0.29, 0.717) is 12.0 Å². The van der Waals surface area contributed by atoms with Crippen LogP contribution in [-0.2, 0) is 4.79 Å². The highest BCUT2D eigenvalue weighted by atomic mass is 16.2. The SMILES string of the molecule is CC=C(CCCCC)C(=O)NC(N)=O. The van der Waals surface area contributed by atoms with Crippen LogP contribution in [0.1, 0.15) is 39.5 Å². The number of unbranched alkanes of at least 4 members (excludes halogenated alkanes) is 2. The molecule has 0 spiro atoms. The van der Waals surface area contributed by atoms with Crippen LogP contribution in [0.15, 0.2) is 11.6 Å². The Balaban J connectivity index is 4.01. The van der Waals surface area contributed by atoms with Gasteiger partial charge in [-0.2, -0.15) is 0 Å². The normalized spacial score (nSPS) is 11.1. The zero-order valence-electron chi connectivity index (χ0n) is 8.80. The Morgan fingerprint density at radius 3 is 2.43 bits per heavy atom. The van der Waals surface area contributed by atoms with Crippen LogP contribution in [-0.4, -0.2) is 11.9 Å². The molecule has 0 aliphatic carbocycles. The number of primary amides is 1. The Morgan fingerprint density at radius 1 is 1.36 bits per heavy atom. The van der Waals surface area contributed by atoms with Crippen LogP contribution in [0.3, 0.4) is 0 Å². The minimum atomic E-state index is -0.801. The van der Waals surface area contributed by atoms with Crippen molar-refractivity contribution in [2.75, 3.05) is 0 Å². The van der Waals surface area contributed by atoms with E-state index in [0.717, 1.165) is 19.3 Å². The lowest BCUT2D eigenvalue weighted by Gasteiger charge is -2.05. The van der Waals surface area contributed by atoms with Gasteiger partial charge >= 0.3 is 6.03 Å². The van der Waals surface area contributed by atoms with Crippen molar-refractivity contribution in [1.82, 2.24) is 5.32 Å². The van der Waals surface area contributed by atoms with Crippen molar-refractivity contribution >= 4 is 11.9 Å². The summed E-state index contributed by atoms with van der Waals surface area (Å²) in [5, 5.41) is 2.05. The van der Waals surface area contributed by atoms with E-state index in [4.69, 9.17) is 5.73 Å². The first-order chi connectivity index (χ1) is 6.61. The molecule has 4 nitrogen and oxygen atoms in total. The smallest absolute Gasteiger partial charge is 0.319 e. The molecular formula is C10H18N2O2. The zero-order chi connectivity index (χ0) is 11.0. The lowest BCUT2D eigenvalue weighted by molar-refractivity contribution is -0.116. The van der Waals surface area contributed by atoms with Crippen LogP contribution in [0.4, 0.5) is 4.79 Å². The summed E-state index contributed by atoms with van der Waals surface area (Å²) >= 11 is 0. The van der Waals surface area contributed by atoms with Crippen molar-refractivity contribution < 1.29 is 9.59 Å². The van der Waals surface area contributed by atoms with Gasteiger partial charge in [-0.1, -0.05) is 25.8 Å². The molecule has 14 heavy (non-hydrogen) atoms. The molecule has 0 bridgehead atoms. The van der Waals surface area contributed by atoms with Crippen molar-refractivity contribution in [3.8, 4) is 0 Å². The molecule has 0 rings (SSSR count). The molecule has 0 aliphatic heterocycles. The maximum atomic E-state index is 11.3. The third-order valence-corrected chi connectivity index (χ3v) is 1.93. The summed E-state index contributed by atoms with van der Waals surface area (Å²) in [4.78, 5) is 21.7. The van der Waals surface area contributed by atoms with Crippen molar-refractivity contribution in [1.29, 1.82) is 0 Å². The minimum Gasteiger partial charge on any atom is -0.351 e. The van der Waals surface area contributed by atoms with Crippen LogP contribution in [0.25, 0.3) is 0 Å². The van der Waals surface area contributed by atoms with Gasteiger partial charge in [0, 0.05) is 5.57 Å². The first kappa shape index (κ1) is 12.7. The summed E-state index contributed by atoms with van der Waals surface area (Å²) in [5.41, 5.74) is 5.47. The van der Waals surface area contributed by atoms with Crippen LogP contribution in [0, 0.1) is 0 Å². The fourth-order valence-corrected chi connectivity index (χ4v) is 1.15. The van der Waals surface area contributed by atoms with Gasteiger partial charge in [0.1, 0.15) is 0 Å². The number of urea groups is 1. The Bertz CT molecular complexity index is 234. The van der Waals surface area contributed by atoms with E-state index < -0.39 is 6.03 Å². The number of carbonyl (C=O) groups is 2. The molecular weight excluding hydrogens is 180 g/mol. The number of carbonyl (C=O) groups excluding carboxylic acids is 2. The summed E-state index contributed by atoms with van der Waals surface area (Å²) < 4.78 is 0. The molecule has 3 N–H and O–H groups in total. The molecule has 0 saturated heterocycles. The summed E-state index contributed by atoms with van der Waals surface area (Å²) in [7, 11) is 0. The molecule has 0 aromatic rings. The lowest BCUT2D eigenvalue weighted by Crippen LogP contribution is -2.35. The van der Waals surface area contributed by atoms with Crippen molar-refractivity contribution in [2.24, 2.45) is 5.73 Å². The van der Waals surface area contributed by atoms with E-state index >= 15 is 0 Å². The molecule has 0 heterocycles. The van der Waals surface area contributed by atoms with Crippen LogP contribution < -0.4 is 11.1 Å². The first-order valence-electron chi connectivity index (χ1n) is 4.87. The average molecular weight is 198 g/mol. The van der Waals surface area contributed by atoms with Crippen molar-refractivity contribution in [3.05, 3.63) is 11.6 Å². The number of rotatable bonds is 5. The Hall–Kier alpha value is -1.32.